The van der Waals surface area contributed by atoms with E-state index in [0.717, 1.165) is 40.9 Å². The van der Waals surface area contributed by atoms with Gasteiger partial charge in [0.05, 0.1) is 11.8 Å². The van der Waals surface area contributed by atoms with Gasteiger partial charge in [0.25, 0.3) is 0 Å². The van der Waals surface area contributed by atoms with Gasteiger partial charge in [-0.25, -0.2) is 0 Å². The Labute approximate surface area is 273 Å². The van der Waals surface area contributed by atoms with Crippen molar-refractivity contribution >= 4 is 28.4 Å². The Morgan fingerprint density at radius 1 is 0.870 bits per heavy atom. The van der Waals surface area contributed by atoms with Crippen molar-refractivity contribution in [3.8, 4) is 11.1 Å². The highest BCUT2D eigenvalue weighted by atomic mass is 15.2. The summed E-state index contributed by atoms with van der Waals surface area (Å²) in [6.45, 7) is 10.7. The van der Waals surface area contributed by atoms with Crippen LogP contribution in [0.5, 0.6) is 0 Å². The van der Waals surface area contributed by atoms with Crippen LogP contribution < -0.4 is 10.2 Å². The summed E-state index contributed by atoms with van der Waals surface area (Å²) >= 11 is 0. The van der Waals surface area contributed by atoms with Crippen LogP contribution in [0, 0.1) is 0 Å². The third-order valence-electron chi connectivity index (χ3n) is 9.12. The summed E-state index contributed by atoms with van der Waals surface area (Å²) < 4.78 is 0. The van der Waals surface area contributed by atoms with Crippen molar-refractivity contribution in [3.05, 3.63) is 181 Å². The summed E-state index contributed by atoms with van der Waals surface area (Å²) in [6, 6.07) is 34.8. The Bertz CT molecular complexity index is 1920. The van der Waals surface area contributed by atoms with E-state index >= 15 is 0 Å². The van der Waals surface area contributed by atoms with Gasteiger partial charge < -0.3 is 10.2 Å². The summed E-state index contributed by atoms with van der Waals surface area (Å²) in [4.78, 5) is 7.52. The van der Waals surface area contributed by atoms with E-state index in [-0.39, 0.29) is 12.2 Å². The SMILES string of the molecule is C=CC(=NC(C)NC(=C)c1c(C2=CC=CCC2)cccc1-c1ccccc1)c1ccc(N2c3ccccc3C3C=CC=CC32)cc1. The van der Waals surface area contributed by atoms with E-state index < -0.39 is 0 Å². The van der Waals surface area contributed by atoms with E-state index in [4.69, 9.17) is 4.99 Å². The highest BCUT2D eigenvalue weighted by Crippen LogP contribution is 2.47. The van der Waals surface area contributed by atoms with Gasteiger partial charge in [0.2, 0.25) is 0 Å². The fourth-order valence-corrected chi connectivity index (χ4v) is 7.02. The topological polar surface area (TPSA) is 27.6 Å². The van der Waals surface area contributed by atoms with E-state index in [1.54, 1.807) is 0 Å². The lowest BCUT2D eigenvalue weighted by molar-refractivity contribution is 0.688. The Balaban J connectivity index is 1.15. The van der Waals surface area contributed by atoms with Crippen LogP contribution in [0.2, 0.25) is 0 Å². The highest BCUT2D eigenvalue weighted by molar-refractivity contribution is 6.08. The zero-order chi connectivity index (χ0) is 31.5. The van der Waals surface area contributed by atoms with Crippen LogP contribution in [0.3, 0.4) is 0 Å². The van der Waals surface area contributed by atoms with Crippen LogP contribution in [0.4, 0.5) is 11.4 Å². The lowest BCUT2D eigenvalue weighted by Gasteiger charge is -2.28. The van der Waals surface area contributed by atoms with Gasteiger partial charge in [0.15, 0.2) is 0 Å². The van der Waals surface area contributed by atoms with Gasteiger partial charge in [-0.05, 0) is 77.4 Å². The molecule has 3 aliphatic rings. The van der Waals surface area contributed by atoms with Gasteiger partial charge in [-0.1, -0.05) is 135 Å². The lowest BCUT2D eigenvalue weighted by Crippen LogP contribution is -2.28. The standard InChI is InChI=1S/C43H39N3/c1-4-40(34-26-28-35(29-27-34)46-41-24-13-11-20-38(41)39-21-12-14-25-42(39)46)45-31(3)44-30(2)43-36(32-16-7-5-8-17-32)22-15-23-37(43)33-18-9-6-10-19-33/h4-9,11-18,20-29,31,38,41,44H,1-2,10,19H2,3H3. The number of benzene rings is 4. The minimum atomic E-state index is -0.220. The average Bonchev–Trinajstić information content (AvgIpc) is 3.45. The van der Waals surface area contributed by atoms with Gasteiger partial charge in [-0.15, -0.1) is 0 Å². The smallest absolute Gasteiger partial charge is 0.116 e. The second-order valence-corrected chi connectivity index (χ2v) is 12.0. The quantitative estimate of drug-likeness (QED) is 0.194. The first-order chi connectivity index (χ1) is 22.6. The third-order valence-corrected chi connectivity index (χ3v) is 9.12. The Morgan fingerprint density at radius 3 is 2.41 bits per heavy atom. The molecule has 4 aromatic carbocycles. The maximum Gasteiger partial charge on any atom is 0.116 e. The molecule has 1 N–H and O–H groups in total. The van der Waals surface area contributed by atoms with Crippen molar-refractivity contribution in [2.45, 2.75) is 37.9 Å². The molecule has 3 nitrogen and oxygen atoms in total. The van der Waals surface area contributed by atoms with Crippen molar-refractivity contribution in [2.24, 2.45) is 4.99 Å². The molecule has 3 atom stereocenters. The minimum Gasteiger partial charge on any atom is -0.364 e. The summed E-state index contributed by atoms with van der Waals surface area (Å²) in [5.41, 5.74) is 12.5. The zero-order valence-corrected chi connectivity index (χ0v) is 26.3. The molecular formula is C43H39N3. The van der Waals surface area contributed by atoms with E-state index in [0.29, 0.717) is 5.92 Å². The molecule has 2 aliphatic carbocycles. The number of anilines is 2. The van der Waals surface area contributed by atoms with Crippen molar-refractivity contribution in [2.75, 3.05) is 4.90 Å². The van der Waals surface area contributed by atoms with Crippen molar-refractivity contribution < 1.29 is 0 Å². The van der Waals surface area contributed by atoms with Crippen LogP contribution in [-0.4, -0.2) is 17.9 Å². The summed E-state index contributed by atoms with van der Waals surface area (Å²) in [6.07, 6.45) is 19.2. The second-order valence-electron chi connectivity index (χ2n) is 12.0. The molecule has 226 valence electrons. The fourth-order valence-electron chi connectivity index (χ4n) is 7.02. The third kappa shape index (κ3) is 5.61. The van der Waals surface area contributed by atoms with Crippen LogP contribution in [0.15, 0.2) is 164 Å². The predicted octanol–water partition coefficient (Wildman–Crippen LogP) is 10.4. The monoisotopic (exact) mass is 597 g/mol. The molecule has 3 heteroatoms. The molecule has 0 saturated carbocycles. The number of fused-ring (bicyclic) bond motifs is 3. The Morgan fingerprint density at radius 2 is 1.63 bits per heavy atom. The molecule has 1 aliphatic heterocycles. The normalized spacial score (nSPS) is 18.8. The summed E-state index contributed by atoms with van der Waals surface area (Å²) in [5.74, 6) is 0.365. The van der Waals surface area contributed by atoms with Gasteiger partial charge in [0, 0.05) is 28.6 Å². The van der Waals surface area contributed by atoms with Gasteiger partial charge >= 0.3 is 0 Å². The average molecular weight is 598 g/mol. The molecule has 1 heterocycles. The number of hydrogen-bond donors (Lipinski definition) is 1. The molecule has 0 bridgehead atoms. The number of para-hydroxylation sites is 1. The van der Waals surface area contributed by atoms with Crippen LogP contribution in [0.25, 0.3) is 22.4 Å². The maximum atomic E-state index is 5.07. The fraction of sp³-hybridized carbons (Fsp3) is 0.140. The summed E-state index contributed by atoms with van der Waals surface area (Å²) in [5, 5.41) is 3.62. The Hall–Kier alpha value is -5.41. The van der Waals surface area contributed by atoms with E-state index in [2.05, 4.69) is 170 Å². The van der Waals surface area contributed by atoms with Crippen LogP contribution in [0.1, 0.15) is 47.9 Å². The first kappa shape index (κ1) is 29.3. The van der Waals surface area contributed by atoms with E-state index in [9.17, 15) is 0 Å². The Kier molecular flexibility index (Phi) is 8.22. The molecule has 4 aromatic rings. The molecular weight excluding hydrogens is 558 g/mol. The molecule has 0 amide bonds. The molecule has 46 heavy (non-hydrogen) atoms. The zero-order valence-electron chi connectivity index (χ0n) is 26.3. The number of nitrogens with zero attached hydrogens (tertiary/aromatic N) is 2. The highest BCUT2D eigenvalue weighted by Gasteiger charge is 2.36. The molecule has 0 spiro atoms. The number of aliphatic imine (C=N–C) groups is 1. The maximum absolute atomic E-state index is 5.07. The van der Waals surface area contributed by atoms with Crippen LogP contribution in [-0.2, 0) is 0 Å². The van der Waals surface area contributed by atoms with Crippen molar-refractivity contribution in [1.29, 1.82) is 0 Å². The molecule has 7 rings (SSSR count). The van der Waals surface area contributed by atoms with Gasteiger partial charge in [-0.2, -0.15) is 0 Å². The van der Waals surface area contributed by atoms with Crippen LogP contribution >= 0.6 is 0 Å². The van der Waals surface area contributed by atoms with E-state index in [1.807, 2.05) is 6.08 Å². The lowest BCUT2D eigenvalue weighted by atomic mass is 9.87. The van der Waals surface area contributed by atoms with Gasteiger partial charge in [-0.3, -0.25) is 4.99 Å². The largest absolute Gasteiger partial charge is 0.364 e. The number of rotatable bonds is 9. The molecule has 3 unspecified atom stereocenters. The molecule has 0 radical (unpaired) electrons. The van der Waals surface area contributed by atoms with Crippen molar-refractivity contribution in [1.82, 2.24) is 5.32 Å². The second kappa shape index (κ2) is 12.9. The number of nitrogens with one attached hydrogen (secondary N) is 1. The first-order valence-corrected chi connectivity index (χ1v) is 16.2. The molecule has 0 aromatic heterocycles. The van der Waals surface area contributed by atoms with E-state index in [1.165, 1.54) is 33.6 Å². The molecule has 0 fully saturated rings. The predicted molar refractivity (Wildman–Crippen MR) is 196 cm³/mol. The first-order valence-electron chi connectivity index (χ1n) is 16.2. The number of allylic oxidation sites excluding steroid dienone is 7. The summed E-state index contributed by atoms with van der Waals surface area (Å²) in [7, 11) is 0. The number of hydrogen-bond acceptors (Lipinski definition) is 3. The van der Waals surface area contributed by atoms with Gasteiger partial charge in [0.1, 0.15) is 6.17 Å². The van der Waals surface area contributed by atoms with Crippen molar-refractivity contribution in [3.63, 3.8) is 0 Å². The minimum absolute atomic E-state index is 0.220. The molecule has 0 saturated heterocycles.